The first kappa shape index (κ1) is 15.2. The Balaban J connectivity index is 3.00. The van der Waals surface area contributed by atoms with Crippen LogP contribution in [0.15, 0.2) is 0 Å². The lowest BCUT2D eigenvalue weighted by molar-refractivity contribution is -0.349. The van der Waals surface area contributed by atoms with Crippen LogP contribution in [0, 0.1) is 0 Å². The molecule has 106 valence electrons. The number of esters is 1. The summed E-state index contributed by atoms with van der Waals surface area (Å²) < 4.78 is 4.29. The molecule has 0 saturated heterocycles. The second-order valence-corrected chi connectivity index (χ2v) is 4.21. The Morgan fingerprint density at radius 3 is 1.78 bits per heavy atom. The minimum atomic E-state index is -3.04. The van der Waals surface area contributed by atoms with Crippen LogP contribution in [0.1, 0.15) is 6.92 Å². The van der Waals surface area contributed by atoms with Crippen molar-refractivity contribution >= 4 is 5.97 Å². The van der Waals surface area contributed by atoms with E-state index in [4.69, 9.17) is 5.11 Å². The molecule has 0 amide bonds. The molecule has 9 heteroatoms. The average molecular weight is 268 g/mol. The number of hydrogen-bond donors (Lipinski definition) is 7. The Kier molecular flexibility index (Phi) is 4.28. The zero-order chi connectivity index (χ0) is 14.2. The van der Waals surface area contributed by atoms with Crippen LogP contribution < -0.4 is 0 Å². The summed E-state index contributed by atoms with van der Waals surface area (Å²) in [7, 11) is 0. The molecule has 1 rings (SSSR count). The van der Waals surface area contributed by atoms with Gasteiger partial charge in [-0.15, -0.1) is 0 Å². The summed E-state index contributed by atoms with van der Waals surface area (Å²) in [6.07, 6.45) is -12.2. The molecule has 1 fully saturated rings. The standard InChI is InChI=1S/C9H16O9/c1-2(10)8(16)18-9(17)6(14)4(12)3(11)5(13)7(9)15/h2-7,10-15,17H,1H3/t2?,3?,4-,5+,6-,7-,9?/m1/s1. The lowest BCUT2D eigenvalue weighted by atomic mass is 9.82. The molecule has 9 nitrogen and oxygen atoms in total. The maximum absolute atomic E-state index is 11.1. The van der Waals surface area contributed by atoms with E-state index in [2.05, 4.69) is 4.74 Å². The first-order valence-corrected chi connectivity index (χ1v) is 5.16. The van der Waals surface area contributed by atoms with Crippen molar-refractivity contribution in [1.82, 2.24) is 0 Å². The Morgan fingerprint density at radius 1 is 1.06 bits per heavy atom. The van der Waals surface area contributed by atoms with Crippen molar-refractivity contribution in [2.45, 2.75) is 49.3 Å². The number of hydrogen-bond acceptors (Lipinski definition) is 9. The highest BCUT2D eigenvalue weighted by Gasteiger charge is 2.60. The van der Waals surface area contributed by atoms with Gasteiger partial charge >= 0.3 is 5.97 Å². The van der Waals surface area contributed by atoms with Crippen LogP contribution in [0.5, 0.6) is 0 Å². The number of carbonyl (C=O) groups excluding carboxylic acids is 1. The monoisotopic (exact) mass is 268 g/mol. The molecule has 0 aliphatic heterocycles. The highest BCUT2D eigenvalue weighted by molar-refractivity contribution is 5.74. The number of aliphatic hydroxyl groups excluding tert-OH is 6. The van der Waals surface area contributed by atoms with Crippen molar-refractivity contribution in [3.8, 4) is 0 Å². The van der Waals surface area contributed by atoms with E-state index in [1.54, 1.807) is 0 Å². The van der Waals surface area contributed by atoms with E-state index in [0.717, 1.165) is 6.92 Å². The van der Waals surface area contributed by atoms with Crippen LogP contribution >= 0.6 is 0 Å². The fourth-order valence-electron chi connectivity index (χ4n) is 1.61. The fourth-order valence-corrected chi connectivity index (χ4v) is 1.61. The smallest absolute Gasteiger partial charge is 0.337 e. The van der Waals surface area contributed by atoms with Gasteiger partial charge in [0.1, 0.15) is 24.4 Å². The predicted molar refractivity (Wildman–Crippen MR) is 52.8 cm³/mol. The molecule has 1 aliphatic carbocycles. The van der Waals surface area contributed by atoms with Gasteiger partial charge in [-0.3, -0.25) is 0 Å². The zero-order valence-electron chi connectivity index (χ0n) is 9.41. The molecular formula is C9H16O9. The molecular weight excluding hydrogens is 252 g/mol. The summed E-state index contributed by atoms with van der Waals surface area (Å²) in [6.45, 7) is 1.01. The predicted octanol–water partition coefficient (Wildman–Crippen LogP) is -4.58. The van der Waals surface area contributed by atoms with Gasteiger partial charge in [0.15, 0.2) is 12.2 Å². The van der Waals surface area contributed by atoms with Gasteiger partial charge < -0.3 is 40.5 Å². The van der Waals surface area contributed by atoms with E-state index in [9.17, 15) is 35.4 Å². The van der Waals surface area contributed by atoms with Crippen LogP contribution in [0.25, 0.3) is 0 Å². The quantitative estimate of drug-likeness (QED) is 0.192. The molecule has 1 saturated carbocycles. The average Bonchev–Trinajstić information content (AvgIpc) is 2.32. The highest BCUT2D eigenvalue weighted by atomic mass is 16.7. The van der Waals surface area contributed by atoms with E-state index in [-0.39, 0.29) is 0 Å². The molecule has 7 N–H and O–H groups in total. The summed E-state index contributed by atoms with van der Waals surface area (Å²) in [6, 6.07) is 0. The molecule has 0 aromatic rings. The third-order valence-corrected chi connectivity index (χ3v) is 2.80. The Hall–Kier alpha value is -0.810. The number of aliphatic hydroxyl groups is 7. The molecule has 0 heterocycles. The second kappa shape index (κ2) is 5.05. The van der Waals surface area contributed by atoms with Gasteiger partial charge in [-0.2, -0.15) is 0 Å². The fraction of sp³-hybridized carbons (Fsp3) is 0.889. The van der Waals surface area contributed by atoms with Crippen molar-refractivity contribution < 1.29 is 45.3 Å². The maximum Gasteiger partial charge on any atom is 0.337 e. The third-order valence-electron chi connectivity index (χ3n) is 2.80. The first-order valence-electron chi connectivity index (χ1n) is 5.16. The molecule has 18 heavy (non-hydrogen) atoms. The van der Waals surface area contributed by atoms with Gasteiger partial charge in [-0.1, -0.05) is 0 Å². The van der Waals surface area contributed by atoms with Crippen LogP contribution in [-0.2, 0) is 9.53 Å². The highest BCUT2D eigenvalue weighted by Crippen LogP contribution is 2.31. The van der Waals surface area contributed by atoms with E-state index in [0.29, 0.717) is 0 Å². The lowest BCUT2D eigenvalue weighted by Gasteiger charge is -2.46. The number of rotatable bonds is 2. The Labute approximate surface area is 101 Å². The van der Waals surface area contributed by atoms with Crippen molar-refractivity contribution in [1.29, 1.82) is 0 Å². The summed E-state index contributed by atoms with van der Waals surface area (Å²) in [5.41, 5.74) is 0. The summed E-state index contributed by atoms with van der Waals surface area (Å²) >= 11 is 0. The summed E-state index contributed by atoms with van der Waals surface area (Å²) in [4.78, 5) is 11.1. The molecule has 0 aromatic carbocycles. The van der Waals surface area contributed by atoms with Gasteiger partial charge in [0.25, 0.3) is 5.79 Å². The lowest BCUT2D eigenvalue weighted by Crippen LogP contribution is -2.72. The van der Waals surface area contributed by atoms with Crippen molar-refractivity contribution in [3.63, 3.8) is 0 Å². The zero-order valence-corrected chi connectivity index (χ0v) is 9.41. The van der Waals surface area contributed by atoms with Gasteiger partial charge in [0, 0.05) is 0 Å². The molecule has 1 aliphatic rings. The van der Waals surface area contributed by atoms with E-state index in [1.165, 1.54) is 0 Å². The maximum atomic E-state index is 11.1. The van der Waals surface area contributed by atoms with Crippen LogP contribution in [0.3, 0.4) is 0 Å². The summed E-state index contributed by atoms with van der Waals surface area (Å²) in [5, 5.41) is 65.6. The number of carbonyl (C=O) groups is 1. The van der Waals surface area contributed by atoms with Crippen LogP contribution in [-0.4, -0.2) is 84.1 Å². The first-order chi connectivity index (χ1) is 8.12. The normalized spacial score (nSPS) is 46.6. The molecule has 3 unspecified atom stereocenters. The second-order valence-electron chi connectivity index (χ2n) is 4.21. The SMILES string of the molecule is CC(O)C(=O)OC1(O)[C@H](O)[C@H](O)C(O)[C@H](O)[C@H]1O. The van der Waals surface area contributed by atoms with Crippen molar-refractivity contribution in [2.24, 2.45) is 0 Å². The molecule has 0 aromatic heterocycles. The largest absolute Gasteiger partial charge is 0.425 e. The van der Waals surface area contributed by atoms with Gasteiger partial charge in [0.05, 0.1) is 0 Å². The third kappa shape index (κ3) is 2.34. The number of ether oxygens (including phenoxy) is 1. The van der Waals surface area contributed by atoms with Gasteiger partial charge in [-0.25, -0.2) is 4.79 Å². The van der Waals surface area contributed by atoms with E-state index >= 15 is 0 Å². The van der Waals surface area contributed by atoms with Crippen molar-refractivity contribution in [2.75, 3.05) is 0 Å². The summed E-state index contributed by atoms with van der Waals surface area (Å²) in [5.74, 6) is -4.42. The minimum absolute atomic E-state index is 1.01. The Morgan fingerprint density at radius 2 is 1.44 bits per heavy atom. The minimum Gasteiger partial charge on any atom is -0.425 e. The van der Waals surface area contributed by atoms with Crippen molar-refractivity contribution in [3.05, 3.63) is 0 Å². The molecule has 0 spiro atoms. The Bertz CT molecular complexity index is 301. The molecule has 7 atom stereocenters. The van der Waals surface area contributed by atoms with Crippen LogP contribution in [0.2, 0.25) is 0 Å². The van der Waals surface area contributed by atoms with Crippen LogP contribution in [0.4, 0.5) is 0 Å². The van der Waals surface area contributed by atoms with Gasteiger partial charge in [-0.05, 0) is 6.92 Å². The topological polar surface area (TPSA) is 168 Å². The van der Waals surface area contributed by atoms with E-state index < -0.39 is 48.4 Å². The van der Waals surface area contributed by atoms with Gasteiger partial charge in [0.2, 0.25) is 0 Å². The molecule has 0 bridgehead atoms. The van der Waals surface area contributed by atoms with E-state index in [1.807, 2.05) is 0 Å². The molecule has 0 radical (unpaired) electrons.